The van der Waals surface area contributed by atoms with Crippen molar-refractivity contribution in [3.8, 4) is 11.8 Å². The first kappa shape index (κ1) is 15.1. The third-order valence-electron chi connectivity index (χ3n) is 2.66. The van der Waals surface area contributed by atoms with E-state index in [1.54, 1.807) is 14.2 Å². The minimum absolute atomic E-state index is 0.481. The monoisotopic (exact) mass is 401 g/mol. The van der Waals surface area contributed by atoms with Crippen molar-refractivity contribution in [2.45, 2.75) is 6.54 Å². The molecule has 7 heteroatoms. The molecule has 0 atom stereocenters. The summed E-state index contributed by atoms with van der Waals surface area (Å²) in [5, 5.41) is 3.31. The maximum absolute atomic E-state index is 5.24. The minimum atomic E-state index is 0.481. The quantitative estimate of drug-likeness (QED) is 0.827. The van der Waals surface area contributed by atoms with Gasteiger partial charge in [-0.05, 0) is 44.0 Å². The molecule has 0 saturated heterocycles. The predicted octanol–water partition coefficient (Wildman–Crippen LogP) is 3.63. The number of benzene rings is 1. The van der Waals surface area contributed by atoms with Crippen molar-refractivity contribution in [1.29, 1.82) is 0 Å². The number of para-hydroxylation sites is 1. The topological polar surface area (TPSA) is 56.3 Å². The Kier molecular flexibility index (Phi) is 5.19. The molecule has 0 radical (unpaired) electrons. The molecule has 20 heavy (non-hydrogen) atoms. The fraction of sp³-hybridized carbons (Fsp3) is 0.231. The Morgan fingerprint density at radius 3 is 2.10 bits per heavy atom. The number of nitrogens with zero attached hydrogens (tertiary/aromatic N) is 2. The summed E-state index contributed by atoms with van der Waals surface area (Å²) in [6.45, 7) is 0.481. The van der Waals surface area contributed by atoms with Crippen molar-refractivity contribution in [2.75, 3.05) is 19.5 Å². The zero-order chi connectivity index (χ0) is 14.5. The lowest BCUT2D eigenvalue weighted by Gasteiger charge is -2.14. The molecule has 0 bridgehead atoms. The summed E-state index contributed by atoms with van der Waals surface area (Å²) < 4.78 is 12.4. The molecular weight excluding hydrogens is 390 g/mol. The van der Waals surface area contributed by atoms with Gasteiger partial charge in [0.25, 0.3) is 0 Å². The molecule has 106 valence electrons. The van der Waals surface area contributed by atoms with Crippen LogP contribution in [0.15, 0.2) is 33.5 Å². The molecule has 2 rings (SSSR count). The highest BCUT2D eigenvalue weighted by Gasteiger charge is 2.13. The summed E-state index contributed by atoms with van der Waals surface area (Å²) in [7, 11) is 3.14. The second-order valence-corrected chi connectivity index (χ2v) is 5.53. The van der Waals surface area contributed by atoms with Gasteiger partial charge in [0, 0.05) is 8.95 Å². The summed E-state index contributed by atoms with van der Waals surface area (Å²) in [4.78, 5) is 8.17. The summed E-state index contributed by atoms with van der Waals surface area (Å²) in [5.74, 6) is 0.986. The molecule has 1 aromatic heterocycles. The van der Waals surface area contributed by atoms with Crippen molar-refractivity contribution in [2.24, 2.45) is 0 Å². The van der Waals surface area contributed by atoms with Gasteiger partial charge in [0.05, 0.1) is 32.0 Å². The van der Waals surface area contributed by atoms with Gasteiger partial charge in [0.2, 0.25) is 11.8 Å². The highest BCUT2D eigenvalue weighted by Crippen LogP contribution is 2.32. The third kappa shape index (κ3) is 3.21. The van der Waals surface area contributed by atoms with E-state index in [1.807, 2.05) is 18.2 Å². The predicted molar refractivity (Wildman–Crippen MR) is 84.3 cm³/mol. The first-order valence-electron chi connectivity index (χ1n) is 5.77. The number of anilines is 1. The first-order chi connectivity index (χ1) is 9.67. The highest BCUT2D eigenvalue weighted by molar-refractivity contribution is 9.11. The summed E-state index contributed by atoms with van der Waals surface area (Å²) in [6, 6.07) is 5.87. The van der Waals surface area contributed by atoms with E-state index in [2.05, 4.69) is 47.1 Å². The molecule has 1 heterocycles. The molecule has 0 aliphatic rings. The molecule has 1 N–H and O–H groups in total. The van der Waals surface area contributed by atoms with Gasteiger partial charge in [-0.15, -0.1) is 0 Å². The van der Waals surface area contributed by atoms with Crippen molar-refractivity contribution in [3.63, 3.8) is 0 Å². The Balaban J connectivity index is 2.27. The van der Waals surface area contributed by atoms with E-state index in [1.165, 1.54) is 6.33 Å². The van der Waals surface area contributed by atoms with Crippen LogP contribution >= 0.6 is 31.9 Å². The van der Waals surface area contributed by atoms with Gasteiger partial charge < -0.3 is 14.8 Å². The largest absolute Gasteiger partial charge is 0.481 e. The Bertz CT molecular complexity index is 566. The minimum Gasteiger partial charge on any atom is -0.481 e. The lowest BCUT2D eigenvalue weighted by molar-refractivity contribution is 0.363. The molecule has 0 saturated carbocycles. The SMILES string of the molecule is COc1ncnc(OC)c1CNc1c(Br)cccc1Br. The van der Waals surface area contributed by atoms with E-state index >= 15 is 0 Å². The van der Waals surface area contributed by atoms with Crippen LogP contribution in [0.25, 0.3) is 0 Å². The lowest BCUT2D eigenvalue weighted by Crippen LogP contribution is -2.07. The van der Waals surface area contributed by atoms with Gasteiger partial charge in [-0.2, -0.15) is 0 Å². The molecular formula is C13H13Br2N3O2. The zero-order valence-electron chi connectivity index (χ0n) is 11.0. The van der Waals surface area contributed by atoms with Crippen LogP contribution < -0.4 is 14.8 Å². The number of aromatic nitrogens is 2. The maximum atomic E-state index is 5.24. The number of hydrogen-bond acceptors (Lipinski definition) is 5. The molecule has 2 aromatic rings. The number of rotatable bonds is 5. The zero-order valence-corrected chi connectivity index (χ0v) is 14.2. The normalized spacial score (nSPS) is 10.2. The summed E-state index contributed by atoms with van der Waals surface area (Å²) >= 11 is 7.01. The van der Waals surface area contributed by atoms with Crippen LogP contribution in [0, 0.1) is 0 Å². The maximum Gasteiger partial charge on any atom is 0.225 e. The van der Waals surface area contributed by atoms with E-state index in [0.717, 1.165) is 20.2 Å². The van der Waals surface area contributed by atoms with E-state index in [0.29, 0.717) is 18.3 Å². The molecule has 0 aliphatic heterocycles. The fourth-order valence-corrected chi connectivity index (χ4v) is 3.01. The van der Waals surface area contributed by atoms with Gasteiger partial charge in [-0.1, -0.05) is 6.07 Å². The Hall–Kier alpha value is -1.34. The number of hydrogen-bond donors (Lipinski definition) is 1. The first-order valence-corrected chi connectivity index (χ1v) is 7.35. The number of halogens is 2. The van der Waals surface area contributed by atoms with Crippen LogP contribution in [0.2, 0.25) is 0 Å². The standard InChI is InChI=1S/C13H13Br2N3O2/c1-19-12-8(13(20-2)18-7-17-12)6-16-11-9(14)4-3-5-10(11)15/h3-5,7,16H,6H2,1-2H3. The molecule has 0 fully saturated rings. The van der Waals surface area contributed by atoms with Crippen LogP contribution in [-0.4, -0.2) is 24.2 Å². The average Bonchev–Trinajstić information content (AvgIpc) is 2.46. The Morgan fingerprint density at radius 1 is 1.05 bits per heavy atom. The van der Waals surface area contributed by atoms with Crippen LogP contribution in [0.5, 0.6) is 11.8 Å². The molecule has 5 nitrogen and oxygen atoms in total. The molecule has 0 unspecified atom stereocenters. The summed E-state index contributed by atoms with van der Waals surface area (Å²) in [6.07, 6.45) is 1.41. The third-order valence-corrected chi connectivity index (χ3v) is 3.98. The van der Waals surface area contributed by atoms with Crippen LogP contribution in [0.3, 0.4) is 0 Å². The molecule has 0 amide bonds. The van der Waals surface area contributed by atoms with Crippen LogP contribution in [0.1, 0.15) is 5.56 Å². The molecule has 1 aromatic carbocycles. The van der Waals surface area contributed by atoms with E-state index < -0.39 is 0 Å². The molecule has 0 spiro atoms. The lowest BCUT2D eigenvalue weighted by atomic mass is 10.2. The van der Waals surface area contributed by atoms with E-state index in [-0.39, 0.29) is 0 Å². The van der Waals surface area contributed by atoms with Crippen molar-refractivity contribution >= 4 is 37.5 Å². The highest BCUT2D eigenvalue weighted by atomic mass is 79.9. The van der Waals surface area contributed by atoms with E-state index in [9.17, 15) is 0 Å². The van der Waals surface area contributed by atoms with E-state index in [4.69, 9.17) is 9.47 Å². The summed E-state index contributed by atoms with van der Waals surface area (Å²) in [5.41, 5.74) is 1.71. The average molecular weight is 403 g/mol. The van der Waals surface area contributed by atoms with Crippen LogP contribution in [0.4, 0.5) is 5.69 Å². The van der Waals surface area contributed by atoms with Gasteiger partial charge in [0.15, 0.2) is 0 Å². The molecule has 0 aliphatic carbocycles. The second-order valence-electron chi connectivity index (χ2n) is 3.82. The van der Waals surface area contributed by atoms with Crippen molar-refractivity contribution in [3.05, 3.63) is 39.0 Å². The Labute approximate surface area is 134 Å². The number of nitrogens with one attached hydrogen (secondary N) is 1. The van der Waals surface area contributed by atoms with Crippen molar-refractivity contribution < 1.29 is 9.47 Å². The van der Waals surface area contributed by atoms with Crippen molar-refractivity contribution in [1.82, 2.24) is 9.97 Å². The second kappa shape index (κ2) is 6.90. The number of ether oxygens (including phenoxy) is 2. The number of methoxy groups -OCH3 is 2. The van der Waals surface area contributed by atoms with Gasteiger partial charge >= 0.3 is 0 Å². The fourth-order valence-electron chi connectivity index (χ4n) is 1.73. The van der Waals surface area contributed by atoms with Crippen LogP contribution in [-0.2, 0) is 6.54 Å². The smallest absolute Gasteiger partial charge is 0.225 e. The van der Waals surface area contributed by atoms with Gasteiger partial charge in [0.1, 0.15) is 6.33 Å². The van der Waals surface area contributed by atoms with Gasteiger partial charge in [-0.25, -0.2) is 9.97 Å². The van der Waals surface area contributed by atoms with Gasteiger partial charge in [-0.3, -0.25) is 0 Å². The Morgan fingerprint density at radius 2 is 1.60 bits per heavy atom.